The molecule has 0 spiro atoms. The van der Waals surface area contributed by atoms with Crippen LogP contribution in [0.4, 0.5) is 0 Å². The highest BCUT2D eigenvalue weighted by Gasteiger charge is 2.31. The topological polar surface area (TPSA) is 81.5 Å². The van der Waals surface area contributed by atoms with E-state index in [1.807, 2.05) is 0 Å². The summed E-state index contributed by atoms with van der Waals surface area (Å²) in [6.07, 6.45) is 2.62. The summed E-state index contributed by atoms with van der Waals surface area (Å²) in [5.41, 5.74) is 0. The van der Waals surface area contributed by atoms with Gasteiger partial charge in [-0.05, 0) is 13.8 Å². The van der Waals surface area contributed by atoms with E-state index in [1.54, 1.807) is 14.0 Å². The molecule has 102 valence electrons. The average Bonchev–Trinajstić information content (AvgIpc) is 2.74. The Kier molecular flexibility index (Phi) is 4.47. The van der Waals surface area contributed by atoms with E-state index in [-0.39, 0.29) is 11.5 Å². The molecule has 7 nitrogen and oxygen atoms in total. The highest BCUT2D eigenvalue weighted by molar-refractivity contribution is 7.89. The van der Waals surface area contributed by atoms with Gasteiger partial charge in [-0.15, -0.1) is 0 Å². The van der Waals surface area contributed by atoms with Gasteiger partial charge < -0.3 is 4.74 Å². The predicted octanol–water partition coefficient (Wildman–Crippen LogP) is -0.00780. The number of nitrogens with zero attached hydrogens (tertiary/aromatic N) is 3. The van der Waals surface area contributed by atoms with Gasteiger partial charge in [-0.1, -0.05) is 0 Å². The monoisotopic (exact) mass is 275 g/mol. The van der Waals surface area contributed by atoms with Gasteiger partial charge in [0.2, 0.25) is 10.0 Å². The second kappa shape index (κ2) is 5.49. The van der Waals surface area contributed by atoms with E-state index in [1.165, 1.54) is 31.0 Å². The molecule has 1 aromatic rings. The summed E-state index contributed by atoms with van der Waals surface area (Å²) in [5.74, 6) is -0.576. The Morgan fingerprint density at radius 1 is 1.61 bits per heavy atom. The van der Waals surface area contributed by atoms with Crippen LogP contribution in [-0.2, 0) is 26.6 Å². The average molecular weight is 275 g/mol. The largest absolute Gasteiger partial charge is 0.465 e. The smallest absolute Gasteiger partial charge is 0.324 e. The number of hydrogen-bond donors (Lipinski definition) is 0. The lowest BCUT2D eigenvalue weighted by Gasteiger charge is -2.21. The number of sulfonamides is 1. The van der Waals surface area contributed by atoms with Gasteiger partial charge in [-0.3, -0.25) is 9.48 Å². The van der Waals surface area contributed by atoms with Gasteiger partial charge in [0.25, 0.3) is 0 Å². The summed E-state index contributed by atoms with van der Waals surface area (Å²) in [4.78, 5) is 11.6. The molecule has 0 radical (unpaired) electrons. The van der Waals surface area contributed by atoms with Crippen molar-refractivity contribution in [2.45, 2.75) is 24.8 Å². The van der Waals surface area contributed by atoms with Crippen LogP contribution in [0.5, 0.6) is 0 Å². The zero-order valence-electron chi connectivity index (χ0n) is 10.8. The minimum Gasteiger partial charge on any atom is -0.465 e. The van der Waals surface area contributed by atoms with Crippen LogP contribution in [0.25, 0.3) is 0 Å². The number of rotatable bonds is 5. The molecule has 0 aliphatic carbocycles. The number of aryl methyl sites for hydroxylation is 1. The number of carbonyl (C=O) groups excluding carboxylic acids is 1. The van der Waals surface area contributed by atoms with Crippen molar-refractivity contribution in [3.63, 3.8) is 0 Å². The van der Waals surface area contributed by atoms with Crippen molar-refractivity contribution in [2.24, 2.45) is 7.05 Å². The maximum atomic E-state index is 12.2. The van der Waals surface area contributed by atoms with Crippen molar-refractivity contribution < 1.29 is 17.9 Å². The lowest BCUT2D eigenvalue weighted by Crippen LogP contribution is -2.41. The van der Waals surface area contributed by atoms with Crippen LogP contribution >= 0.6 is 0 Å². The third-order valence-corrected chi connectivity index (χ3v) is 4.41. The van der Waals surface area contributed by atoms with Crippen LogP contribution in [0.15, 0.2) is 17.3 Å². The van der Waals surface area contributed by atoms with E-state index in [4.69, 9.17) is 4.74 Å². The van der Waals surface area contributed by atoms with Gasteiger partial charge in [0.15, 0.2) is 0 Å². The minimum atomic E-state index is -3.73. The van der Waals surface area contributed by atoms with Gasteiger partial charge in [-0.25, -0.2) is 8.42 Å². The van der Waals surface area contributed by atoms with Crippen LogP contribution in [0, 0.1) is 0 Å². The molecule has 0 amide bonds. The summed E-state index contributed by atoms with van der Waals surface area (Å²) in [5, 5.41) is 3.80. The lowest BCUT2D eigenvalue weighted by molar-refractivity contribution is -0.146. The number of aromatic nitrogens is 2. The molecular weight excluding hydrogens is 258 g/mol. The van der Waals surface area contributed by atoms with E-state index in [0.717, 1.165) is 4.31 Å². The number of likely N-dealkylation sites (N-methyl/N-ethyl adjacent to an activating group) is 1. The second-order valence-electron chi connectivity index (χ2n) is 3.80. The molecule has 0 saturated carbocycles. The minimum absolute atomic E-state index is 0.0450. The molecule has 8 heteroatoms. The molecule has 0 aromatic carbocycles. The maximum Gasteiger partial charge on any atom is 0.324 e. The second-order valence-corrected chi connectivity index (χ2v) is 5.80. The van der Waals surface area contributed by atoms with Crippen molar-refractivity contribution in [3.8, 4) is 0 Å². The fourth-order valence-corrected chi connectivity index (χ4v) is 2.62. The van der Waals surface area contributed by atoms with Gasteiger partial charge in [-0.2, -0.15) is 9.40 Å². The standard InChI is InChI=1S/C10H17N3O4S/c1-5-17-10(14)8(2)13(4)18(15,16)9-6-11-12(3)7-9/h6-8H,5H2,1-4H3/t8-/m1/s1. The fourth-order valence-electron chi connectivity index (χ4n) is 1.32. The number of hydrogen-bond acceptors (Lipinski definition) is 5. The first-order valence-electron chi connectivity index (χ1n) is 5.44. The Hall–Kier alpha value is -1.41. The lowest BCUT2D eigenvalue weighted by atomic mass is 10.3. The molecular formula is C10H17N3O4S. The van der Waals surface area contributed by atoms with Gasteiger partial charge >= 0.3 is 5.97 Å². The van der Waals surface area contributed by atoms with E-state index in [0.29, 0.717) is 0 Å². The number of ether oxygens (including phenoxy) is 1. The molecule has 0 aliphatic heterocycles. The van der Waals surface area contributed by atoms with Crippen molar-refractivity contribution in [2.75, 3.05) is 13.7 Å². The Labute approximate surface area is 106 Å². The quantitative estimate of drug-likeness (QED) is 0.706. The summed E-state index contributed by atoms with van der Waals surface area (Å²) in [6, 6.07) is -0.879. The summed E-state index contributed by atoms with van der Waals surface area (Å²) in [6.45, 7) is 3.36. The zero-order chi connectivity index (χ0) is 13.9. The number of esters is 1. The molecule has 0 unspecified atom stereocenters. The first-order valence-corrected chi connectivity index (χ1v) is 6.88. The molecule has 0 N–H and O–H groups in total. The van der Waals surface area contributed by atoms with Crippen LogP contribution in [0.3, 0.4) is 0 Å². The third-order valence-electron chi connectivity index (χ3n) is 2.53. The van der Waals surface area contributed by atoms with Gasteiger partial charge in [0.1, 0.15) is 10.9 Å². The van der Waals surface area contributed by atoms with Crippen molar-refractivity contribution in [1.29, 1.82) is 0 Å². The normalized spacial score (nSPS) is 13.6. The molecule has 1 atom stereocenters. The molecule has 1 aromatic heterocycles. The predicted molar refractivity (Wildman–Crippen MR) is 64.3 cm³/mol. The van der Waals surface area contributed by atoms with Gasteiger partial charge in [0, 0.05) is 20.3 Å². The maximum absolute atomic E-state index is 12.2. The Bertz CT molecular complexity index is 523. The molecule has 0 bridgehead atoms. The number of carbonyl (C=O) groups is 1. The Morgan fingerprint density at radius 2 is 2.22 bits per heavy atom. The highest BCUT2D eigenvalue weighted by atomic mass is 32.2. The zero-order valence-corrected chi connectivity index (χ0v) is 11.6. The molecule has 0 fully saturated rings. The molecule has 0 aliphatic rings. The van der Waals surface area contributed by atoms with E-state index >= 15 is 0 Å². The molecule has 18 heavy (non-hydrogen) atoms. The van der Waals surface area contributed by atoms with Crippen molar-refractivity contribution in [3.05, 3.63) is 12.4 Å². The van der Waals surface area contributed by atoms with Gasteiger partial charge in [0.05, 0.1) is 12.8 Å². The fraction of sp³-hybridized carbons (Fsp3) is 0.600. The third kappa shape index (κ3) is 2.88. The first-order chi connectivity index (χ1) is 8.30. The van der Waals surface area contributed by atoms with E-state index in [2.05, 4.69) is 5.10 Å². The molecule has 0 saturated heterocycles. The van der Waals surface area contributed by atoms with Crippen LogP contribution < -0.4 is 0 Å². The summed E-state index contributed by atoms with van der Waals surface area (Å²) in [7, 11) is -0.775. The Balaban J connectivity index is 2.95. The van der Waals surface area contributed by atoms with E-state index < -0.39 is 22.0 Å². The summed E-state index contributed by atoms with van der Waals surface area (Å²) < 4.78 is 31.5. The molecule has 1 rings (SSSR count). The molecule has 1 heterocycles. The Morgan fingerprint density at radius 3 is 2.67 bits per heavy atom. The van der Waals surface area contributed by atoms with Crippen molar-refractivity contribution >= 4 is 16.0 Å². The van der Waals surface area contributed by atoms with Crippen LogP contribution in [0.1, 0.15) is 13.8 Å². The van der Waals surface area contributed by atoms with E-state index in [9.17, 15) is 13.2 Å². The highest BCUT2D eigenvalue weighted by Crippen LogP contribution is 2.15. The van der Waals surface area contributed by atoms with Crippen molar-refractivity contribution in [1.82, 2.24) is 14.1 Å². The van der Waals surface area contributed by atoms with Crippen LogP contribution in [0.2, 0.25) is 0 Å². The first kappa shape index (κ1) is 14.7. The SMILES string of the molecule is CCOC(=O)[C@@H](C)N(C)S(=O)(=O)c1cnn(C)c1. The summed E-state index contributed by atoms with van der Waals surface area (Å²) >= 11 is 0. The van der Waals surface area contributed by atoms with Crippen LogP contribution in [-0.4, -0.2) is 48.2 Å².